The first kappa shape index (κ1) is 13.0. The quantitative estimate of drug-likeness (QED) is 0.884. The standard InChI is InChI=1S/C15H19FN2/c16-14-3-1-2-13(10-14)11-18-15-6-4-12(5-7-15)8-9-17/h1-3,10,12,15,18H,4-8,11H2/t12-,15+. The summed E-state index contributed by atoms with van der Waals surface area (Å²) in [6.45, 7) is 0.728. The van der Waals surface area contributed by atoms with Crippen molar-refractivity contribution in [3.8, 4) is 6.07 Å². The summed E-state index contributed by atoms with van der Waals surface area (Å²) in [5.74, 6) is 0.411. The van der Waals surface area contributed by atoms with Crippen LogP contribution in [0.25, 0.3) is 0 Å². The van der Waals surface area contributed by atoms with Gasteiger partial charge in [0.25, 0.3) is 0 Å². The van der Waals surface area contributed by atoms with Crippen molar-refractivity contribution >= 4 is 0 Å². The number of hydrogen-bond acceptors (Lipinski definition) is 2. The molecule has 2 rings (SSSR count). The minimum Gasteiger partial charge on any atom is -0.310 e. The van der Waals surface area contributed by atoms with Crippen molar-refractivity contribution in [2.75, 3.05) is 0 Å². The molecule has 0 bridgehead atoms. The number of nitrogens with one attached hydrogen (secondary N) is 1. The Balaban J connectivity index is 1.74. The zero-order valence-electron chi connectivity index (χ0n) is 10.5. The van der Waals surface area contributed by atoms with Crippen molar-refractivity contribution in [3.63, 3.8) is 0 Å². The summed E-state index contributed by atoms with van der Waals surface area (Å²) in [6.07, 6.45) is 5.21. The third-order valence-electron chi connectivity index (χ3n) is 3.71. The molecule has 0 aliphatic heterocycles. The average molecular weight is 246 g/mol. The van der Waals surface area contributed by atoms with Gasteiger partial charge in [-0.3, -0.25) is 0 Å². The van der Waals surface area contributed by atoms with E-state index in [1.807, 2.05) is 6.07 Å². The van der Waals surface area contributed by atoms with Crippen LogP contribution in [0, 0.1) is 23.1 Å². The van der Waals surface area contributed by atoms with Gasteiger partial charge in [-0.25, -0.2) is 4.39 Å². The molecule has 1 aliphatic carbocycles. The van der Waals surface area contributed by atoms with Crippen molar-refractivity contribution in [1.82, 2.24) is 5.32 Å². The van der Waals surface area contributed by atoms with Crippen LogP contribution in [0.1, 0.15) is 37.7 Å². The summed E-state index contributed by atoms with van der Waals surface area (Å²) in [5, 5.41) is 12.1. The predicted octanol–water partition coefficient (Wildman–Crippen LogP) is 3.39. The lowest BCUT2D eigenvalue weighted by molar-refractivity contribution is 0.294. The van der Waals surface area contributed by atoms with E-state index in [9.17, 15) is 4.39 Å². The molecule has 0 unspecified atom stereocenters. The molecule has 1 N–H and O–H groups in total. The Kier molecular flexibility index (Phi) is 4.72. The second-order valence-corrected chi connectivity index (χ2v) is 5.09. The molecule has 0 radical (unpaired) electrons. The molecule has 2 nitrogen and oxygen atoms in total. The first-order valence-electron chi connectivity index (χ1n) is 6.62. The van der Waals surface area contributed by atoms with E-state index in [1.165, 1.54) is 6.07 Å². The van der Waals surface area contributed by atoms with E-state index in [2.05, 4.69) is 11.4 Å². The Hall–Kier alpha value is -1.40. The zero-order chi connectivity index (χ0) is 12.8. The highest BCUT2D eigenvalue weighted by atomic mass is 19.1. The summed E-state index contributed by atoms with van der Waals surface area (Å²) in [6, 6.07) is 9.51. The lowest BCUT2D eigenvalue weighted by atomic mass is 9.84. The zero-order valence-corrected chi connectivity index (χ0v) is 10.5. The lowest BCUT2D eigenvalue weighted by Crippen LogP contribution is -2.32. The number of hydrogen-bond donors (Lipinski definition) is 1. The SMILES string of the molecule is N#CC[C@H]1CC[C@@H](NCc2cccc(F)c2)CC1. The van der Waals surface area contributed by atoms with Crippen molar-refractivity contribution < 1.29 is 4.39 Å². The van der Waals surface area contributed by atoms with Crippen LogP contribution in [-0.4, -0.2) is 6.04 Å². The molecule has 1 fully saturated rings. The number of halogens is 1. The van der Waals surface area contributed by atoms with Gasteiger partial charge in [0.1, 0.15) is 5.82 Å². The second-order valence-electron chi connectivity index (χ2n) is 5.09. The molecule has 1 saturated carbocycles. The minimum atomic E-state index is -0.174. The summed E-state index contributed by atoms with van der Waals surface area (Å²) < 4.78 is 13.0. The number of nitrogens with zero attached hydrogens (tertiary/aromatic N) is 1. The molecule has 1 aliphatic rings. The molecule has 0 aromatic heterocycles. The highest BCUT2D eigenvalue weighted by molar-refractivity contribution is 5.16. The summed E-state index contributed by atoms with van der Waals surface area (Å²) in [5.41, 5.74) is 0.995. The van der Waals surface area contributed by atoms with E-state index in [1.54, 1.807) is 12.1 Å². The Morgan fingerprint density at radius 2 is 2.06 bits per heavy atom. The van der Waals surface area contributed by atoms with Gasteiger partial charge in [0.2, 0.25) is 0 Å². The largest absolute Gasteiger partial charge is 0.310 e. The van der Waals surface area contributed by atoms with Crippen molar-refractivity contribution in [2.45, 2.75) is 44.7 Å². The van der Waals surface area contributed by atoms with E-state index in [0.29, 0.717) is 18.4 Å². The van der Waals surface area contributed by atoms with Crippen molar-refractivity contribution in [3.05, 3.63) is 35.6 Å². The van der Waals surface area contributed by atoms with Gasteiger partial charge in [0.05, 0.1) is 6.07 Å². The fourth-order valence-electron chi connectivity index (χ4n) is 2.61. The summed E-state index contributed by atoms with van der Waals surface area (Å²) in [7, 11) is 0. The van der Waals surface area contributed by atoms with Crippen LogP contribution in [0.15, 0.2) is 24.3 Å². The summed E-state index contributed by atoms with van der Waals surface area (Å²) in [4.78, 5) is 0. The fraction of sp³-hybridized carbons (Fsp3) is 0.533. The first-order valence-corrected chi connectivity index (χ1v) is 6.62. The van der Waals surface area contributed by atoms with Crippen LogP contribution in [0.2, 0.25) is 0 Å². The molecule has 18 heavy (non-hydrogen) atoms. The van der Waals surface area contributed by atoms with Gasteiger partial charge >= 0.3 is 0 Å². The fourth-order valence-corrected chi connectivity index (χ4v) is 2.61. The molecule has 3 heteroatoms. The van der Waals surface area contributed by atoms with Gasteiger partial charge in [0, 0.05) is 19.0 Å². The number of benzene rings is 1. The Bertz CT molecular complexity index is 417. The maximum Gasteiger partial charge on any atom is 0.123 e. The van der Waals surface area contributed by atoms with E-state index in [-0.39, 0.29) is 5.82 Å². The first-order chi connectivity index (χ1) is 8.78. The van der Waals surface area contributed by atoms with E-state index >= 15 is 0 Å². The molecule has 0 spiro atoms. The highest BCUT2D eigenvalue weighted by Crippen LogP contribution is 2.26. The van der Waals surface area contributed by atoms with Crippen LogP contribution in [0.4, 0.5) is 4.39 Å². The van der Waals surface area contributed by atoms with Gasteiger partial charge in [-0.1, -0.05) is 12.1 Å². The molecule has 0 heterocycles. The molecular weight excluding hydrogens is 227 g/mol. The van der Waals surface area contributed by atoms with Crippen LogP contribution in [0.3, 0.4) is 0 Å². The predicted molar refractivity (Wildman–Crippen MR) is 69.2 cm³/mol. The Morgan fingerprint density at radius 3 is 2.72 bits per heavy atom. The number of nitriles is 1. The van der Waals surface area contributed by atoms with Crippen molar-refractivity contribution in [1.29, 1.82) is 5.26 Å². The topological polar surface area (TPSA) is 35.8 Å². The number of rotatable bonds is 4. The van der Waals surface area contributed by atoms with Crippen LogP contribution in [-0.2, 0) is 6.54 Å². The van der Waals surface area contributed by atoms with Gasteiger partial charge in [-0.15, -0.1) is 0 Å². The molecule has 0 saturated heterocycles. The van der Waals surface area contributed by atoms with Gasteiger partial charge in [-0.05, 0) is 49.3 Å². The van der Waals surface area contributed by atoms with Crippen molar-refractivity contribution in [2.24, 2.45) is 5.92 Å². The molecule has 0 amide bonds. The molecule has 0 atom stereocenters. The normalized spacial score (nSPS) is 23.6. The Labute approximate surface area is 108 Å². The third kappa shape index (κ3) is 3.82. The molecular formula is C15H19FN2. The van der Waals surface area contributed by atoms with Crippen LogP contribution < -0.4 is 5.32 Å². The Morgan fingerprint density at radius 1 is 1.28 bits per heavy atom. The van der Waals surface area contributed by atoms with E-state index in [0.717, 1.165) is 37.8 Å². The maximum absolute atomic E-state index is 13.0. The van der Waals surface area contributed by atoms with Crippen LogP contribution in [0.5, 0.6) is 0 Å². The molecule has 96 valence electrons. The second kappa shape index (κ2) is 6.51. The smallest absolute Gasteiger partial charge is 0.123 e. The summed E-state index contributed by atoms with van der Waals surface area (Å²) >= 11 is 0. The van der Waals surface area contributed by atoms with E-state index < -0.39 is 0 Å². The highest BCUT2D eigenvalue weighted by Gasteiger charge is 2.20. The minimum absolute atomic E-state index is 0.174. The lowest BCUT2D eigenvalue weighted by Gasteiger charge is -2.28. The van der Waals surface area contributed by atoms with Gasteiger partial charge in [-0.2, -0.15) is 5.26 Å². The third-order valence-corrected chi connectivity index (χ3v) is 3.71. The maximum atomic E-state index is 13.0. The van der Waals surface area contributed by atoms with Gasteiger partial charge in [0.15, 0.2) is 0 Å². The monoisotopic (exact) mass is 246 g/mol. The molecule has 1 aromatic carbocycles. The molecule has 1 aromatic rings. The van der Waals surface area contributed by atoms with Crippen LogP contribution >= 0.6 is 0 Å². The van der Waals surface area contributed by atoms with Gasteiger partial charge < -0.3 is 5.32 Å². The van der Waals surface area contributed by atoms with E-state index in [4.69, 9.17) is 5.26 Å². The average Bonchev–Trinajstić information content (AvgIpc) is 2.38.